The number of nitrogens with zero attached hydrogens (tertiary/aromatic N) is 2. The number of carbonyl (C=O) groups excluding carboxylic acids is 2. The fraction of sp³-hybridized carbons (Fsp3) is 0.471. The summed E-state index contributed by atoms with van der Waals surface area (Å²) in [5, 5.41) is 2.64. The molecule has 2 heterocycles. The molecule has 1 aliphatic heterocycles. The Bertz CT molecular complexity index is 800. The van der Waals surface area contributed by atoms with Crippen LogP contribution in [-0.4, -0.2) is 45.9 Å². The molecular formula is C17H22N4O3. The molecule has 2 aromatic rings. The van der Waals surface area contributed by atoms with Gasteiger partial charge in [-0.2, -0.15) is 0 Å². The zero-order valence-electron chi connectivity index (χ0n) is 13.7. The van der Waals surface area contributed by atoms with Crippen LogP contribution in [0.2, 0.25) is 0 Å². The third-order valence-electron chi connectivity index (χ3n) is 4.52. The first-order valence-electron chi connectivity index (χ1n) is 8.27. The summed E-state index contributed by atoms with van der Waals surface area (Å²) in [6.45, 7) is 3.08. The SMILES string of the molecule is CC(=O)NCCC(=O)N1CCC(n2c(=O)[nH]c3ccccc32)CC1. The number of aromatic amines is 1. The summed E-state index contributed by atoms with van der Waals surface area (Å²) in [6.07, 6.45) is 1.83. The third-order valence-corrected chi connectivity index (χ3v) is 4.52. The maximum Gasteiger partial charge on any atom is 0.326 e. The van der Waals surface area contributed by atoms with Crippen molar-refractivity contribution >= 4 is 22.8 Å². The molecule has 0 saturated carbocycles. The van der Waals surface area contributed by atoms with Crippen molar-refractivity contribution in [1.29, 1.82) is 0 Å². The molecule has 3 rings (SSSR count). The molecule has 1 aromatic heterocycles. The number of hydrogen-bond acceptors (Lipinski definition) is 3. The van der Waals surface area contributed by atoms with Crippen molar-refractivity contribution in [3.63, 3.8) is 0 Å². The van der Waals surface area contributed by atoms with E-state index in [2.05, 4.69) is 10.3 Å². The molecule has 1 fully saturated rings. The summed E-state index contributed by atoms with van der Waals surface area (Å²) in [4.78, 5) is 39.9. The van der Waals surface area contributed by atoms with E-state index in [4.69, 9.17) is 0 Å². The van der Waals surface area contributed by atoms with Crippen molar-refractivity contribution in [2.45, 2.75) is 32.2 Å². The van der Waals surface area contributed by atoms with E-state index in [1.54, 1.807) is 0 Å². The van der Waals surface area contributed by atoms with Gasteiger partial charge in [0.15, 0.2) is 0 Å². The molecule has 0 atom stereocenters. The largest absolute Gasteiger partial charge is 0.356 e. The topological polar surface area (TPSA) is 87.2 Å². The number of carbonyl (C=O) groups is 2. The predicted octanol–water partition coefficient (Wildman–Crippen LogP) is 1.02. The maximum absolute atomic E-state index is 12.2. The van der Waals surface area contributed by atoms with Crippen LogP contribution in [0.25, 0.3) is 11.0 Å². The van der Waals surface area contributed by atoms with Crippen LogP contribution in [0.15, 0.2) is 29.1 Å². The van der Waals surface area contributed by atoms with E-state index < -0.39 is 0 Å². The Kier molecular flexibility index (Phi) is 4.69. The number of aromatic nitrogens is 2. The van der Waals surface area contributed by atoms with Crippen molar-refractivity contribution < 1.29 is 9.59 Å². The first kappa shape index (κ1) is 16.3. The van der Waals surface area contributed by atoms with Gasteiger partial charge >= 0.3 is 5.69 Å². The van der Waals surface area contributed by atoms with E-state index in [1.165, 1.54) is 6.92 Å². The molecule has 7 nitrogen and oxygen atoms in total. The fourth-order valence-corrected chi connectivity index (χ4v) is 3.31. The van der Waals surface area contributed by atoms with Gasteiger partial charge in [0.2, 0.25) is 11.8 Å². The fourth-order valence-electron chi connectivity index (χ4n) is 3.31. The summed E-state index contributed by atoms with van der Waals surface area (Å²) in [7, 11) is 0. The second kappa shape index (κ2) is 6.90. The first-order valence-corrected chi connectivity index (χ1v) is 8.27. The molecule has 1 aromatic carbocycles. The van der Waals surface area contributed by atoms with E-state index >= 15 is 0 Å². The van der Waals surface area contributed by atoms with E-state index in [9.17, 15) is 14.4 Å². The molecule has 7 heteroatoms. The van der Waals surface area contributed by atoms with Gasteiger partial charge in [0.05, 0.1) is 11.0 Å². The minimum Gasteiger partial charge on any atom is -0.356 e. The van der Waals surface area contributed by atoms with Crippen LogP contribution in [0.5, 0.6) is 0 Å². The number of hydrogen-bond donors (Lipinski definition) is 2. The summed E-state index contributed by atoms with van der Waals surface area (Å²) in [5.74, 6) is -0.0753. The zero-order chi connectivity index (χ0) is 17.1. The number of likely N-dealkylation sites (tertiary alicyclic amines) is 1. The lowest BCUT2D eigenvalue weighted by atomic mass is 10.0. The smallest absolute Gasteiger partial charge is 0.326 e. The van der Waals surface area contributed by atoms with Crippen molar-refractivity contribution in [3.8, 4) is 0 Å². The summed E-state index contributed by atoms with van der Waals surface area (Å²) in [6, 6.07) is 7.77. The van der Waals surface area contributed by atoms with Gasteiger partial charge < -0.3 is 15.2 Å². The van der Waals surface area contributed by atoms with Crippen LogP contribution in [0.3, 0.4) is 0 Å². The summed E-state index contributed by atoms with van der Waals surface area (Å²) in [5.41, 5.74) is 1.67. The van der Waals surface area contributed by atoms with Crippen LogP contribution in [0, 0.1) is 0 Å². The number of nitrogens with one attached hydrogen (secondary N) is 2. The monoisotopic (exact) mass is 330 g/mol. The van der Waals surface area contributed by atoms with Crippen LogP contribution in [0.1, 0.15) is 32.2 Å². The number of piperidine rings is 1. The highest BCUT2D eigenvalue weighted by molar-refractivity contribution is 5.78. The van der Waals surface area contributed by atoms with Crippen LogP contribution in [-0.2, 0) is 9.59 Å². The standard InChI is InChI=1S/C17H22N4O3/c1-12(22)18-9-6-16(23)20-10-7-13(8-11-20)21-15-5-3-2-4-14(15)19-17(21)24/h2-5,13H,6-11H2,1H3,(H,18,22)(H,19,24). The second-order valence-corrected chi connectivity index (χ2v) is 6.16. The minimum absolute atomic E-state index is 0.0495. The molecule has 0 unspecified atom stereocenters. The third kappa shape index (κ3) is 3.34. The van der Waals surface area contributed by atoms with Gasteiger partial charge in [-0.25, -0.2) is 4.79 Å². The summed E-state index contributed by atoms with van der Waals surface area (Å²) >= 11 is 0. The van der Waals surface area contributed by atoms with Crippen LogP contribution < -0.4 is 11.0 Å². The highest BCUT2D eigenvalue weighted by atomic mass is 16.2. The van der Waals surface area contributed by atoms with Crippen LogP contribution in [0.4, 0.5) is 0 Å². The lowest BCUT2D eigenvalue weighted by Gasteiger charge is -2.32. The number of fused-ring (bicyclic) bond motifs is 1. The first-order chi connectivity index (χ1) is 11.6. The number of H-pyrrole nitrogens is 1. The summed E-state index contributed by atoms with van der Waals surface area (Å²) < 4.78 is 1.81. The molecule has 128 valence electrons. The molecule has 0 spiro atoms. The predicted molar refractivity (Wildman–Crippen MR) is 90.7 cm³/mol. The second-order valence-electron chi connectivity index (χ2n) is 6.16. The van der Waals surface area contributed by atoms with Gasteiger partial charge in [0.1, 0.15) is 0 Å². The van der Waals surface area contributed by atoms with E-state index in [-0.39, 0.29) is 23.5 Å². The van der Waals surface area contributed by atoms with Gasteiger partial charge in [0, 0.05) is 39.0 Å². The normalized spacial score (nSPS) is 15.6. The quantitative estimate of drug-likeness (QED) is 0.877. The molecular weight excluding hydrogens is 308 g/mol. The number of amides is 2. The average molecular weight is 330 g/mol. The molecule has 2 N–H and O–H groups in total. The molecule has 0 bridgehead atoms. The zero-order valence-corrected chi connectivity index (χ0v) is 13.7. The maximum atomic E-state index is 12.2. The molecule has 1 aliphatic rings. The number of para-hydroxylation sites is 2. The molecule has 0 aliphatic carbocycles. The Morgan fingerprint density at radius 1 is 1.25 bits per heavy atom. The van der Waals surface area contributed by atoms with Crippen molar-refractivity contribution in [2.75, 3.05) is 19.6 Å². The van der Waals surface area contributed by atoms with Crippen LogP contribution >= 0.6 is 0 Å². The molecule has 1 saturated heterocycles. The van der Waals surface area contributed by atoms with E-state index in [1.807, 2.05) is 33.7 Å². The Balaban J connectivity index is 1.62. The highest BCUT2D eigenvalue weighted by Gasteiger charge is 2.25. The van der Waals surface area contributed by atoms with Gasteiger partial charge in [-0.3, -0.25) is 14.2 Å². The number of rotatable bonds is 4. The molecule has 0 radical (unpaired) electrons. The van der Waals surface area contributed by atoms with E-state index in [0.29, 0.717) is 26.1 Å². The Morgan fingerprint density at radius 2 is 1.96 bits per heavy atom. The van der Waals surface area contributed by atoms with Gasteiger partial charge in [0.25, 0.3) is 0 Å². The van der Waals surface area contributed by atoms with Gasteiger partial charge in [-0.05, 0) is 25.0 Å². The Labute approximate surface area is 139 Å². The lowest BCUT2D eigenvalue weighted by Crippen LogP contribution is -2.41. The van der Waals surface area contributed by atoms with Crippen molar-refractivity contribution in [3.05, 3.63) is 34.7 Å². The number of imidazole rings is 1. The lowest BCUT2D eigenvalue weighted by molar-refractivity contribution is -0.132. The Hall–Kier alpha value is -2.57. The molecule has 24 heavy (non-hydrogen) atoms. The Morgan fingerprint density at radius 3 is 2.67 bits per heavy atom. The number of benzene rings is 1. The van der Waals surface area contributed by atoms with E-state index in [0.717, 1.165) is 23.9 Å². The van der Waals surface area contributed by atoms with Crippen molar-refractivity contribution in [2.24, 2.45) is 0 Å². The van der Waals surface area contributed by atoms with Gasteiger partial charge in [-0.1, -0.05) is 12.1 Å². The molecule has 2 amide bonds. The minimum atomic E-state index is -0.125. The highest BCUT2D eigenvalue weighted by Crippen LogP contribution is 2.24. The van der Waals surface area contributed by atoms with Gasteiger partial charge in [-0.15, -0.1) is 0 Å². The van der Waals surface area contributed by atoms with Crippen molar-refractivity contribution in [1.82, 2.24) is 19.8 Å². The average Bonchev–Trinajstić information content (AvgIpc) is 2.90.